The summed E-state index contributed by atoms with van der Waals surface area (Å²) in [6, 6.07) is 12.0. The van der Waals surface area contributed by atoms with E-state index in [1.165, 1.54) is 17.8 Å². The quantitative estimate of drug-likeness (QED) is 0.702. The van der Waals surface area contributed by atoms with E-state index < -0.39 is 0 Å². The van der Waals surface area contributed by atoms with Crippen LogP contribution in [0.3, 0.4) is 0 Å². The lowest BCUT2D eigenvalue weighted by molar-refractivity contribution is -0.116. The fourth-order valence-corrected chi connectivity index (χ4v) is 2.98. The van der Waals surface area contributed by atoms with Crippen LogP contribution in [0.25, 0.3) is 0 Å². The Hall–Kier alpha value is -1.33. The Morgan fingerprint density at radius 1 is 1.29 bits per heavy atom. The highest BCUT2D eigenvalue weighted by Crippen LogP contribution is 2.25. The van der Waals surface area contributed by atoms with E-state index in [2.05, 4.69) is 15.9 Å². The first-order chi connectivity index (χ1) is 10.1. The van der Waals surface area contributed by atoms with Gasteiger partial charge in [-0.3, -0.25) is 4.79 Å². The largest absolute Gasteiger partial charge is 0.497 e. The second-order valence-electron chi connectivity index (χ2n) is 4.39. The molecule has 0 aliphatic heterocycles. The number of hydrogen-bond donors (Lipinski definition) is 0. The van der Waals surface area contributed by atoms with Crippen molar-refractivity contribution in [3.8, 4) is 5.75 Å². The molecule has 21 heavy (non-hydrogen) atoms. The van der Waals surface area contributed by atoms with Gasteiger partial charge in [-0.15, -0.1) is 11.8 Å². The summed E-state index contributed by atoms with van der Waals surface area (Å²) in [5.41, 5.74) is 0.869. The molecule has 5 heteroatoms. The minimum atomic E-state index is -0.294. The Labute approximate surface area is 135 Å². The molecule has 0 saturated carbocycles. The van der Waals surface area contributed by atoms with Crippen molar-refractivity contribution >= 4 is 33.5 Å². The molecule has 0 saturated heterocycles. The molecule has 2 nitrogen and oxygen atoms in total. The van der Waals surface area contributed by atoms with Crippen LogP contribution in [0, 0.1) is 5.82 Å². The fraction of sp³-hybridized carbons (Fsp3) is 0.188. The van der Waals surface area contributed by atoms with Gasteiger partial charge < -0.3 is 4.74 Å². The van der Waals surface area contributed by atoms with Crippen LogP contribution in [0.2, 0.25) is 0 Å². The zero-order valence-electron chi connectivity index (χ0n) is 11.4. The SMILES string of the molecule is COc1ccc(Br)c(CC(=O)CSc2ccccc2F)c1. The summed E-state index contributed by atoms with van der Waals surface area (Å²) in [5.74, 6) is 0.697. The molecule has 0 N–H and O–H groups in total. The Balaban J connectivity index is 1.97. The summed E-state index contributed by atoms with van der Waals surface area (Å²) in [6.45, 7) is 0. The molecular weight excluding hydrogens is 355 g/mol. The smallest absolute Gasteiger partial charge is 0.147 e. The lowest BCUT2D eigenvalue weighted by Crippen LogP contribution is -2.06. The molecule has 0 aliphatic carbocycles. The van der Waals surface area contributed by atoms with Gasteiger partial charge in [0.25, 0.3) is 0 Å². The van der Waals surface area contributed by atoms with Gasteiger partial charge in [0.15, 0.2) is 0 Å². The number of ether oxygens (including phenoxy) is 1. The van der Waals surface area contributed by atoms with Crippen molar-refractivity contribution in [2.75, 3.05) is 12.9 Å². The van der Waals surface area contributed by atoms with E-state index in [-0.39, 0.29) is 17.4 Å². The van der Waals surface area contributed by atoms with Gasteiger partial charge in [0.05, 0.1) is 12.9 Å². The predicted molar refractivity (Wildman–Crippen MR) is 86.5 cm³/mol. The molecule has 0 radical (unpaired) electrons. The maximum atomic E-state index is 13.5. The number of ketones is 1. The monoisotopic (exact) mass is 368 g/mol. The molecule has 2 aromatic rings. The molecule has 110 valence electrons. The molecule has 0 heterocycles. The average molecular weight is 369 g/mol. The van der Waals surface area contributed by atoms with E-state index in [9.17, 15) is 9.18 Å². The topological polar surface area (TPSA) is 26.3 Å². The second-order valence-corrected chi connectivity index (χ2v) is 6.26. The van der Waals surface area contributed by atoms with Gasteiger partial charge in [-0.05, 0) is 35.9 Å². The van der Waals surface area contributed by atoms with Crippen molar-refractivity contribution < 1.29 is 13.9 Å². The van der Waals surface area contributed by atoms with E-state index in [1.807, 2.05) is 18.2 Å². The zero-order chi connectivity index (χ0) is 15.2. The molecular formula is C16H14BrFO2S. The highest BCUT2D eigenvalue weighted by Gasteiger charge is 2.10. The lowest BCUT2D eigenvalue weighted by Gasteiger charge is -2.07. The van der Waals surface area contributed by atoms with Gasteiger partial charge >= 0.3 is 0 Å². The standard InChI is InChI=1S/C16H14BrFO2S/c1-20-13-6-7-14(17)11(9-13)8-12(19)10-21-16-5-3-2-4-15(16)18/h2-7,9H,8,10H2,1H3. The molecule has 0 atom stereocenters. The number of carbonyl (C=O) groups is 1. The number of Topliss-reactive ketones (excluding diaryl/α,β-unsaturated/α-hetero) is 1. The van der Waals surface area contributed by atoms with Gasteiger partial charge in [0, 0.05) is 15.8 Å². The van der Waals surface area contributed by atoms with Crippen LogP contribution in [0.1, 0.15) is 5.56 Å². The summed E-state index contributed by atoms with van der Waals surface area (Å²) >= 11 is 4.64. The Kier molecular flexibility index (Phi) is 5.82. The third kappa shape index (κ3) is 4.58. The first kappa shape index (κ1) is 16.0. The van der Waals surface area contributed by atoms with Gasteiger partial charge in [-0.1, -0.05) is 28.1 Å². The normalized spacial score (nSPS) is 10.4. The van der Waals surface area contributed by atoms with Crippen LogP contribution in [-0.4, -0.2) is 18.6 Å². The molecule has 0 spiro atoms. The van der Waals surface area contributed by atoms with E-state index in [0.29, 0.717) is 17.1 Å². The Morgan fingerprint density at radius 3 is 2.76 bits per heavy atom. The van der Waals surface area contributed by atoms with Crippen molar-refractivity contribution in [2.45, 2.75) is 11.3 Å². The van der Waals surface area contributed by atoms with Gasteiger partial charge in [0.2, 0.25) is 0 Å². The second kappa shape index (κ2) is 7.61. The number of carbonyl (C=O) groups excluding carboxylic acids is 1. The molecule has 2 aromatic carbocycles. The molecule has 0 amide bonds. The minimum absolute atomic E-state index is 0.0391. The first-order valence-electron chi connectivity index (χ1n) is 6.31. The van der Waals surface area contributed by atoms with Gasteiger partial charge in [-0.2, -0.15) is 0 Å². The maximum absolute atomic E-state index is 13.5. The maximum Gasteiger partial charge on any atom is 0.147 e. The average Bonchev–Trinajstić information content (AvgIpc) is 2.48. The van der Waals surface area contributed by atoms with E-state index in [0.717, 1.165) is 10.0 Å². The van der Waals surface area contributed by atoms with E-state index in [1.54, 1.807) is 25.3 Å². The van der Waals surface area contributed by atoms with Crippen LogP contribution in [0.5, 0.6) is 5.75 Å². The number of halogens is 2. The van der Waals surface area contributed by atoms with E-state index in [4.69, 9.17) is 4.74 Å². The highest BCUT2D eigenvalue weighted by molar-refractivity contribution is 9.10. The van der Waals surface area contributed by atoms with Crippen LogP contribution < -0.4 is 4.74 Å². The van der Waals surface area contributed by atoms with Crippen molar-refractivity contribution in [1.82, 2.24) is 0 Å². The molecule has 0 aliphatic rings. The van der Waals surface area contributed by atoms with Crippen molar-refractivity contribution in [2.24, 2.45) is 0 Å². The minimum Gasteiger partial charge on any atom is -0.497 e. The molecule has 0 bridgehead atoms. The van der Waals surface area contributed by atoms with E-state index >= 15 is 0 Å². The summed E-state index contributed by atoms with van der Waals surface area (Å²) in [6.07, 6.45) is 0.291. The summed E-state index contributed by atoms with van der Waals surface area (Å²) in [5, 5.41) is 0. The summed E-state index contributed by atoms with van der Waals surface area (Å²) < 4.78 is 19.5. The van der Waals surface area contributed by atoms with Gasteiger partial charge in [0.1, 0.15) is 17.3 Å². The summed E-state index contributed by atoms with van der Waals surface area (Å²) in [7, 11) is 1.59. The van der Waals surface area contributed by atoms with Crippen molar-refractivity contribution in [3.63, 3.8) is 0 Å². The molecule has 2 rings (SSSR count). The van der Waals surface area contributed by atoms with Crippen LogP contribution in [-0.2, 0) is 11.2 Å². The number of methoxy groups -OCH3 is 1. The number of thioether (sulfide) groups is 1. The van der Waals surface area contributed by atoms with Crippen LogP contribution in [0.4, 0.5) is 4.39 Å². The number of rotatable bonds is 6. The van der Waals surface area contributed by atoms with Crippen LogP contribution in [0.15, 0.2) is 51.8 Å². The fourth-order valence-electron chi connectivity index (χ4n) is 1.80. The Bertz CT molecular complexity index is 646. The first-order valence-corrected chi connectivity index (χ1v) is 8.09. The molecule has 0 aromatic heterocycles. The highest BCUT2D eigenvalue weighted by atomic mass is 79.9. The predicted octanol–water partition coefficient (Wildman–Crippen LogP) is 4.50. The third-order valence-corrected chi connectivity index (χ3v) is 4.75. The van der Waals surface area contributed by atoms with Gasteiger partial charge in [-0.25, -0.2) is 4.39 Å². The lowest BCUT2D eigenvalue weighted by atomic mass is 10.1. The van der Waals surface area contributed by atoms with Crippen molar-refractivity contribution in [1.29, 1.82) is 0 Å². The molecule has 0 unspecified atom stereocenters. The van der Waals surface area contributed by atoms with Crippen LogP contribution >= 0.6 is 27.7 Å². The Morgan fingerprint density at radius 2 is 2.05 bits per heavy atom. The zero-order valence-corrected chi connectivity index (χ0v) is 13.8. The third-order valence-electron chi connectivity index (χ3n) is 2.87. The summed E-state index contributed by atoms with van der Waals surface area (Å²) in [4.78, 5) is 12.5. The molecule has 0 fully saturated rings. The number of benzene rings is 2. The number of hydrogen-bond acceptors (Lipinski definition) is 3. The van der Waals surface area contributed by atoms with Crippen molar-refractivity contribution in [3.05, 3.63) is 58.3 Å².